The summed E-state index contributed by atoms with van der Waals surface area (Å²) in [6, 6.07) is 11.7. The van der Waals surface area contributed by atoms with Crippen molar-refractivity contribution < 1.29 is 9.64 Å². The Morgan fingerprint density at radius 3 is 2.81 bits per heavy atom. The van der Waals surface area contributed by atoms with Crippen LogP contribution >= 0.6 is 23.4 Å². The van der Waals surface area contributed by atoms with Gasteiger partial charge < -0.3 is 9.64 Å². The van der Waals surface area contributed by atoms with Gasteiger partial charge in [-0.3, -0.25) is 9.55 Å². The normalized spacial score (nSPS) is 15.1. The van der Waals surface area contributed by atoms with Gasteiger partial charge >= 0.3 is 0 Å². The van der Waals surface area contributed by atoms with Crippen LogP contribution in [0.15, 0.2) is 53.9 Å². The second kappa shape index (κ2) is 8.84. The van der Waals surface area contributed by atoms with Crippen LogP contribution in [0.4, 0.5) is 0 Å². The zero-order chi connectivity index (χ0) is 18.5. The minimum atomic E-state index is 0.687. The molecule has 2 aromatic heterocycles. The van der Waals surface area contributed by atoms with E-state index in [-0.39, 0.29) is 0 Å². The van der Waals surface area contributed by atoms with E-state index in [2.05, 4.69) is 19.7 Å². The molecule has 6 nitrogen and oxygen atoms in total. The molecular formula is C19H21ClN5OS+. The van der Waals surface area contributed by atoms with Gasteiger partial charge in [0.1, 0.15) is 13.1 Å². The van der Waals surface area contributed by atoms with E-state index in [1.54, 1.807) is 29.1 Å². The highest BCUT2D eigenvalue weighted by atomic mass is 35.5. The number of rotatable bonds is 6. The first kappa shape index (κ1) is 18.4. The minimum Gasteiger partial charge on any atom is -0.370 e. The maximum atomic E-state index is 6.23. The molecule has 1 aromatic carbocycles. The van der Waals surface area contributed by atoms with E-state index in [4.69, 9.17) is 16.3 Å². The fourth-order valence-electron chi connectivity index (χ4n) is 3.09. The molecular weight excluding hydrogens is 382 g/mol. The molecule has 0 aliphatic carbocycles. The summed E-state index contributed by atoms with van der Waals surface area (Å²) in [7, 11) is 0. The monoisotopic (exact) mass is 402 g/mol. The molecule has 1 aliphatic heterocycles. The zero-order valence-corrected chi connectivity index (χ0v) is 16.4. The van der Waals surface area contributed by atoms with Crippen LogP contribution in [0.1, 0.15) is 0 Å². The van der Waals surface area contributed by atoms with Crippen LogP contribution in [0, 0.1) is 0 Å². The molecule has 1 N–H and O–H groups in total. The second-order valence-corrected chi connectivity index (χ2v) is 7.82. The van der Waals surface area contributed by atoms with Crippen LogP contribution in [0.5, 0.6) is 0 Å². The van der Waals surface area contributed by atoms with Gasteiger partial charge in [0.05, 0.1) is 31.2 Å². The summed E-state index contributed by atoms with van der Waals surface area (Å²) in [6.07, 6.45) is 3.56. The van der Waals surface area contributed by atoms with Gasteiger partial charge in [0, 0.05) is 23.0 Å². The lowest BCUT2D eigenvalue weighted by Crippen LogP contribution is -3.14. The number of pyridine rings is 1. The molecule has 0 spiro atoms. The molecule has 0 atom stereocenters. The quantitative estimate of drug-likeness (QED) is 0.639. The summed E-state index contributed by atoms with van der Waals surface area (Å²) in [5.74, 6) is 1.74. The maximum Gasteiger partial charge on any atom is 0.196 e. The van der Waals surface area contributed by atoms with Gasteiger partial charge in [0.25, 0.3) is 0 Å². The number of nitrogens with one attached hydrogen (secondary N) is 1. The number of halogens is 1. The average molecular weight is 403 g/mol. The Morgan fingerprint density at radius 1 is 1.15 bits per heavy atom. The highest BCUT2D eigenvalue weighted by Gasteiger charge is 2.18. The molecule has 0 amide bonds. The van der Waals surface area contributed by atoms with Crippen LogP contribution in [-0.4, -0.2) is 58.3 Å². The molecule has 0 bridgehead atoms. The average Bonchev–Trinajstić information content (AvgIpc) is 3.13. The molecule has 1 saturated heterocycles. The fourth-order valence-corrected chi connectivity index (χ4v) is 4.27. The summed E-state index contributed by atoms with van der Waals surface area (Å²) in [4.78, 5) is 5.80. The first-order valence-electron chi connectivity index (χ1n) is 8.97. The van der Waals surface area contributed by atoms with Gasteiger partial charge in [-0.15, -0.1) is 10.2 Å². The van der Waals surface area contributed by atoms with Crippen LogP contribution in [0.25, 0.3) is 17.1 Å². The Labute approximate surface area is 167 Å². The Balaban J connectivity index is 1.60. The lowest BCUT2D eigenvalue weighted by Gasteiger charge is -2.23. The molecule has 3 aromatic rings. The van der Waals surface area contributed by atoms with E-state index in [0.29, 0.717) is 5.02 Å². The van der Waals surface area contributed by atoms with Gasteiger partial charge in [-0.05, 0) is 30.3 Å². The van der Waals surface area contributed by atoms with Crippen LogP contribution in [0.3, 0.4) is 0 Å². The highest BCUT2D eigenvalue weighted by Crippen LogP contribution is 2.28. The van der Waals surface area contributed by atoms with Gasteiger partial charge in [0.2, 0.25) is 0 Å². The minimum absolute atomic E-state index is 0.687. The molecule has 0 unspecified atom stereocenters. The number of nitrogens with zero attached hydrogens (tertiary/aromatic N) is 4. The SMILES string of the molecule is Clc1cccc(-n2c(SCC[NH+]3CCOCC3)nnc2-c2cccnc2)c1. The van der Waals surface area contributed by atoms with E-state index >= 15 is 0 Å². The lowest BCUT2D eigenvalue weighted by atomic mass is 10.2. The van der Waals surface area contributed by atoms with Gasteiger partial charge in [-0.25, -0.2) is 0 Å². The maximum absolute atomic E-state index is 6.23. The molecule has 0 radical (unpaired) electrons. The Kier molecular flexibility index (Phi) is 6.03. The number of hydrogen-bond acceptors (Lipinski definition) is 5. The van der Waals surface area contributed by atoms with Crippen molar-refractivity contribution in [3.63, 3.8) is 0 Å². The second-order valence-electron chi connectivity index (χ2n) is 6.32. The molecule has 1 aliphatic rings. The Hall–Kier alpha value is -1.93. The van der Waals surface area contributed by atoms with Crippen LogP contribution in [0.2, 0.25) is 5.02 Å². The van der Waals surface area contributed by atoms with Gasteiger partial charge in [-0.1, -0.05) is 29.4 Å². The van der Waals surface area contributed by atoms with Gasteiger partial charge in [0.15, 0.2) is 11.0 Å². The molecule has 4 rings (SSSR count). The third-order valence-corrected chi connectivity index (χ3v) is 5.67. The van der Waals surface area contributed by atoms with Crippen molar-refractivity contribution in [1.82, 2.24) is 19.7 Å². The number of thioether (sulfide) groups is 1. The summed E-state index contributed by atoms with van der Waals surface area (Å²) in [5.41, 5.74) is 1.88. The first-order valence-corrected chi connectivity index (χ1v) is 10.3. The molecule has 140 valence electrons. The number of morpholine rings is 1. The smallest absolute Gasteiger partial charge is 0.196 e. The Bertz CT molecular complexity index is 883. The third kappa shape index (κ3) is 4.50. The predicted octanol–water partition coefficient (Wildman–Crippen LogP) is 1.99. The number of aromatic nitrogens is 4. The van der Waals surface area contributed by atoms with Crippen LogP contribution < -0.4 is 4.90 Å². The van der Waals surface area contributed by atoms with E-state index in [1.165, 1.54) is 0 Å². The zero-order valence-electron chi connectivity index (χ0n) is 14.8. The highest BCUT2D eigenvalue weighted by molar-refractivity contribution is 7.99. The number of hydrogen-bond donors (Lipinski definition) is 1. The van der Waals surface area contributed by atoms with E-state index < -0.39 is 0 Å². The number of benzene rings is 1. The van der Waals surface area contributed by atoms with Crippen molar-refractivity contribution in [2.75, 3.05) is 38.6 Å². The molecule has 0 saturated carbocycles. The molecule has 1 fully saturated rings. The third-order valence-electron chi connectivity index (χ3n) is 4.51. The largest absolute Gasteiger partial charge is 0.370 e. The van der Waals surface area contributed by atoms with Crippen molar-refractivity contribution in [3.05, 3.63) is 53.8 Å². The fraction of sp³-hybridized carbons (Fsp3) is 0.316. The van der Waals surface area contributed by atoms with Crippen molar-refractivity contribution in [2.24, 2.45) is 0 Å². The standard InChI is InChI=1S/C19H20ClN5OS/c20-16-4-1-5-17(13-16)25-18(15-3-2-6-21-14-15)22-23-19(25)27-12-9-24-7-10-26-11-8-24/h1-6,13-14H,7-12H2/p+1. The van der Waals surface area contributed by atoms with E-state index in [0.717, 1.165) is 60.8 Å². The summed E-state index contributed by atoms with van der Waals surface area (Å²) in [6.45, 7) is 4.93. The van der Waals surface area contributed by atoms with Crippen molar-refractivity contribution >= 4 is 23.4 Å². The Morgan fingerprint density at radius 2 is 2.04 bits per heavy atom. The van der Waals surface area contributed by atoms with Crippen molar-refractivity contribution in [3.8, 4) is 17.1 Å². The topological polar surface area (TPSA) is 57.3 Å². The van der Waals surface area contributed by atoms with Gasteiger partial charge in [-0.2, -0.15) is 0 Å². The number of ether oxygens (including phenoxy) is 1. The lowest BCUT2D eigenvalue weighted by molar-refractivity contribution is -0.905. The van der Waals surface area contributed by atoms with Crippen LogP contribution in [-0.2, 0) is 4.74 Å². The molecule has 27 heavy (non-hydrogen) atoms. The van der Waals surface area contributed by atoms with Crippen molar-refractivity contribution in [2.45, 2.75) is 5.16 Å². The van der Waals surface area contributed by atoms with E-state index in [1.807, 2.05) is 36.4 Å². The summed E-state index contributed by atoms with van der Waals surface area (Å²) in [5, 5.41) is 10.4. The molecule has 8 heteroatoms. The summed E-state index contributed by atoms with van der Waals surface area (Å²) < 4.78 is 7.49. The first-order chi connectivity index (χ1) is 13.3. The van der Waals surface area contributed by atoms with Crippen molar-refractivity contribution in [1.29, 1.82) is 0 Å². The predicted molar refractivity (Wildman–Crippen MR) is 107 cm³/mol. The summed E-state index contributed by atoms with van der Waals surface area (Å²) >= 11 is 7.95. The van der Waals surface area contributed by atoms with E-state index in [9.17, 15) is 0 Å². The number of quaternary nitrogens is 1. The molecule has 3 heterocycles.